The molecule has 1 aliphatic heterocycles. The SMILES string of the molecule is CC.CC1(C)CCC(CN2CCNCC2COCCCO)=C(c2ccc(Cl)cc2)C1. The van der Waals surface area contributed by atoms with Crippen LogP contribution in [0.25, 0.3) is 5.57 Å². The lowest BCUT2D eigenvalue weighted by Gasteiger charge is -2.40. The van der Waals surface area contributed by atoms with Gasteiger partial charge < -0.3 is 15.2 Å². The van der Waals surface area contributed by atoms with Crippen LogP contribution in [0.4, 0.5) is 0 Å². The van der Waals surface area contributed by atoms with Gasteiger partial charge in [-0.2, -0.15) is 0 Å². The molecule has 0 spiro atoms. The number of hydrogen-bond acceptors (Lipinski definition) is 4. The lowest BCUT2D eigenvalue weighted by atomic mass is 9.72. The monoisotopic (exact) mass is 436 g/mol. The molecule has 0 radical (unpaired) electrons. The molecule has 1 aromatic carbocycles. The van der Waals surface area contributed by atoms with E-state index >= 15 is 0 Å². The first-order valence-electron chi connectivity index (χ1n) is 11.6. The Hall–Kier alpha value is -0.910. The number of ether oxygens (including phenoxy) is 1. The largest absolute Gasteiger partial charge is 0.396 e. The second-order valence-corrected chi connectivity index (χ2v) is 9.35. The van der Waals surface area contributed by atoms with Crippen LogP contribution in [0, 0.1) is 5.41 Å². The lowest BCUT2D eigenvalue weighted by Crippen LogP contribution is -2.53. The Balaban J connectivity index is 0.00000155. The molecule has 0 bridgehead atoms. The highest BCUT2D eigenvalue weighted by molar-refractivity contribution is 6.30. The van der Waals surface area contributed by atoms with Crippen LogP contribution in [0.1, 0.15) is 58.9 Å². The zero-order valence-corrected chi connectivity index (χ0v) is 20.1. The highest BCUT2D eigenvalue weighted by Crippen LogP contribution is 2.43. The predicted molar refractivity (Wildman–Crippen MR) is 128 cm³/mol. The third kappa shape index (κ3) is 7.65. The summed E-state index contributed by atoms with van der Waals surface area (Å²) in [5.74, 6) is 0. The number of aliphatic hydroxyl groups excluding tert-OH is 1. The first-order chi connectivity index (χ1) is 14.5. The van der Waals surface area contributed by atoms with E-state index in [2.05, 4.69) is 36.2 Å². The average Bonchev–Trinajstić information content (AvgIpc) is 2.75. The summed E-state index contributed by atoms with van der Waals surface area (Å²) >= 11 is 6.13. The molecule has 2 N–H and O–H groups in total. The summed E-state index contributed by atoms with van der Waals surface area (Å²) < 4.78 is 5.82. The maximum absolute atomic E-state index is 8.95. The minimum Gasteiger partial charge on any atom is -0.396 e. The van der Waals surface area contributed by atoms with Gasteiger partial charge >= 0.3 is 0 Å². The molecule has 0 aromatic heterocycles. The number of hydrogen-bond donors (Lipinski definition) is 2. The molecular formula is C25H41ClN2O2. The smallest absolute Gasteiger partial charge is 0.0634 e. The van der Waals surface area contributed by atoms with Crippen LogP contribution in [-0.4, -0.2) is 62.0 Å². The predicted octanol–water partition coefficient (Wildman–Crippen LogP) is 5.00. The van der Waals surface area contributed by atoms with Crippen LogP contribution in [0.15, 0.2) is 29.8 Å². The van der Waals surface area contributed by atoms with E-state index in [9.17, 15) is 0 Å². The van der Waals surface area contributed by atoms with Crippen LogP contribution >= 0.6 is 11.6 Å². The van der Waals surface area contributed by atoms with Gasteiger partial charge in [0.05, 0.1) is 6.61 Å². The van der Waals surface area contributed by atoms with Crippen molar-refractivity contribution in [1.29, 1.82) is 0 Å². The van der Waals surface area contributed by atoms with Gasteiger partial charge in [-0.1, -0.05) is 57.0 Å². The Morgan fingerprint density at radius 1 is 1.23 bits per heavy atom. The molecule has 1 atom stereocenters. The molecule has 3 rings (SSSR count). The highest BCUT2D eigenvalue weighted by atomic mass is 35.5. The number of allylic oxidation sites excluding steroid dienone is 1. The standard InChI is InChI=1S/C23H35ClN2O2.C2H6/c1-23(2)9-8-19(22(14-23)18-4-6-20(24)7-5-18)16-26-11-10-25-15-21(26)17-28-13-3-12-27;1-2/h4-7,21,25,27H,3,8-17H2,1-2H3;1-2H3. The summed E-state index contributed by atoms with van der Waals surface area (Å²) in [4.78, 5) is 2.58. The van der Waals surface area contributed by atoms with E-state index < -0.39 is 0 Å². The van der Waals surface area contributed by atoms with Crippen molar-refractivity contribution in [3.63, 3.8) is 0 Å². The van der Waals surface area contributed by atoms with Crippen molar-refractivity contribution in [1.82, 2.24) is 10.2 Å². The van der Waals surface area contributed by atoms with Crippen LogP contribution in [0.3, 0.4) is 0 Å². The maximum Gasteiger partial charge on any atom is 0.0634 e. The second-order valence-electron chi connectivity index (χ2n) is 8.91. The molecule has 4 nitrogen and oxygen atoms in total. The number of aliphatic hydroxyl groups is 1. The van der Waals surface area contributed by atoms with Crippen molar-refractivity contribution >= 4 is 17.2 Å². The normalized spacial score (nSPS) is 21.9. The van der Waals surface area contributed by atoms with E-state index in [0.717, 1.165) is 50.7 Å². The molecule has 5 heteroatoms. The number of nitrogens with zero attached hydrogens (tertiary/aromatic N) is 1. The van der Waals surface area contributed by atoms with E-state index in [1.165, 1.54) is 17.6 Å². The number of rotatable bonds is 8. The van der Waals surface area contributed by atoms with Gasteiger partial charge in [-0.3, -0.25) is 4.90 Å². The lowest BCUT2D eigenvalue weighted by molar-refractivity contribution is 0.0448. The molecule has 0 saturated carbocycles. The summed E-state index contributed by atoms with van der Waals surface area (Å²) in [5.41, 5.74) is 4.74. The molecule has 0 amide bonds. The summed E-state index contributed by atoms with van der Waals surface area (Å²) in [5, 5.41) is 13.2. The van der Waals surface area contributed by atoms with E-state index in [1.807, 2.05) is 26.0 Å². The van der Waals surface area contributed by atoms with Gasteiger partial charge in [-0.25, -0.2) is 0 Å². The van der Waals surface area contributed by atoms with Crippen molar-refractivity contribution in [2.24, 2.45) is 5.41 Å². The van der Waals surface area contributed by atoms with Gasteiger partial charge in [0.15, 0.2) is 0 Å². The Bertz CT molecular complexity index is 658. The first-order valence-corrected chi connectivity index (χ1v) is 12.0. The highest BCUT2D eigenvalue weighted by Gasteiger charge is 2.30. The minimum absolute atomic E-state index is 0.194. The van der Waals surface area contributed by atoms with Crippen molar-refractivity contribution in [3.8, 4) is 0 Å². The third-order valence-electron chi connectivity index (χ3n) is 6.00. The fraction of sp³-hybridized carbons (Fsp3) is 0.680. The number of piperazine rings is 1. The van der Waals surface area contributed by atoms with Crippen molar-refractivity contribution in [2.45, 2.75) is 59.4 Å². The third-order valence-corrected chi connectivity index (χ3v) is 6.25. The van der Waals surface area contributed by atoms with Crippen LogP contribution in [0.5, 0.6) is 0 Å². The summed E-state index contributed by atoms with van der Waals surface area (Å²) in [6.07, 6.45) is 4.23. The molecule has 170 valence electrons. The maximum atomic E-state index is 8.95. The molecule has 1 fully saturated rings. The first kappa shape index (κ1) is 25.4. The Labute approximate surface area is 188 Å². The molecular weight excluding hydrogens is 396 g/mol. The Morgan fingerprint density at radius 3 is 2.67 bits per heavy atom. The molecule has 1 aliphatic carbocycles. The topological polar surface area (TPSA) is 44.7 Å². The van der Waals surface area contributed by atoms with Crippen molar-refractivity contribution in [2.75, 3.05) is 46.0 Å². The second kappa shape index (κ2) is 12.8. The van der Waals surface area contributed by atoms with Gasteiger partial charge in [0.25, 0.3) is 0 Å². The van der Waals surface area contributed by atoms with Crippen LogP contribution in [0.2, 0.25) is 5.02 Å². The molecule has 2 aliphatic rings. The Morgan fingerprint density at radius 2 is 1.97 bits per heavy atom. The van der Waals surface area contributed by atoms with Gasteiger partial charge in [0, 0.05) is 50.5 Å². The van der Waals surface area contributed by atoms with Crippen molar-refractivity contribution < 1.29 is 9.84 Å². The Kier molecular flexibility index (Phi) is 10.8. The number of benzene rings is 1. The van der Waals surface area contributed by atoms with Gasteiger partial charge in [-0.05, 0) is 54.4 Å². The van der Waals surface area contributed by atoms with E-state index in [1.54, 1.807) is 5.57 Å². The fourth-order valence-electron chi connectivity index (χ4n) is 4.27. The van der Waals surface area contributed by atoms with Gasteiger partial charge in [0.1, 0.15) is 0 Å². The number of nitrogens with one attached hydrogen (secondary N) is 1. The average molecular weight is 437 g/mol. The minimum atomic E-state index is 0.194. The van der Waals surface area contributed by atoms with E-state index in [-0.39, 0.29) is 6.61 Å². The quantitative estimate of drug-likeness (QED) is 0.562. The molecule has 1 aromatic rings. The zero-order chi connectivity index (χ0) is 22.0. The fourth-order valence-corrected chi connectivity index (χ4v) is 4.40. The summed E-state index contributed by atoms with van der Waals surface area (Å²) in [7, 11) is 0. The van der Waals surface area contributed by atoms with Crippen LogP contribution < -0.4 is 5.32 Å². The van der Waals surface area contributed by atoms with E-state index in [4.69, 9.17) is 21.4 Å². The molecule has 30 heavy (non-hydrogen) atoms. The summed E-state index contributed by atoms with van der Waals surface area (Å²) in [6.45, 7) is 14.4. The van der Waals surface area contributed by atoms with Gasteiger partial charge in [0.2, 0.25) is 0 Å². The molecule has 1 heterocycles. The van der Waals surface area contributed by atoms with Crippen LogP contribution in [-0.2, 0) is 4.74 Å². The zero-order valence-electron chi connectivity index (χ0n) is 19.3. The molecule has 1 unspecified atom stereocenters. The van der Waals surface area contributed by atoms with Crippen molar-refractivity contribution in [3.05, 3.63) is 40.4 Å². The van der Waals surface area contributed by atoms with E-state index in [0.29, 0.717) is 24.5 Å². The van der Waals surface area contributed by atoms with Gasteiger partial charge in [-0.15, -0.1) is 0 Å². The number of halogens is 1. The molecule has 1 saturated heterocycles. The summed E-state index contributed by atoms with van der Waals surface area (Å²) in [6, 6.07) is 8.75.